The van der Waals surface area contributed by atoms with Crippen LogP contribution >= 0.6 is 0 Å². The third kappa shape index (κ3) is 4.37. The molecule has 1 aromatic rings. The minimum atomic E-state index is -0.154. The van der Waals surface area contributed by atoms with Gasteiger partial charge in [0.15, 0.2) is 0 Å². The smallest absolute Gasteiger partial charge is 0.319 e. The number of urea groups is 1. The monoisotopic (exact) mass is 305 g/mol. The molecule has 0 bridgehead atoms. The number of nitrogens with zero attached hydrogens (tertiary/aromatic N) is 1. The average Bonchev–Trinajstić information content (AvgIpc) is 2.46. The van der Waals surface area contributed by atoms with E-state index in [4.69, 9.17) is 4.74 Å². The van der Waals surface area contributed by atoms with Gasteiger partial charge in [-0.1, -0.05) is 12.5 Å². The quantitative estimate of drug-likeness (QED) is 0.814. The lowest BCUT2D eigenvalue weighted by atomic mass is 9.69. The van der Waals surface area contributed by atoms with Crippen molar-refractivity contribution in [1.82, 2.24) is 5.32 Å². The molecule has 0 radical (unpaired) electrons. The number of anilines is 2. The molecule has 0 aromatic heterocycles. The van der Waals surface area contributed by atoms with E-state index >= 15 is 0 Å². The lowest BCUT2D eigenvalue weighted by Crippen LogP contribution is -2.46. The van der Waals surface area contributed by atoms with Crippen molar-refractivity contribution in [2.75, 3.05) is 44.1 Å². The van der Waals surface area contributed by atoms with E-state index in [2.05, 4.69) is 10.6 Å². The van der Waals surface area contributed by atoms with Crippen molar-refractivity contribution in [2.45, 2.75) is 26.2 Å². The first kappa shape index (κ1) is 16.6. The topological polar surface area (TPSA) is 53.6 Å². The molecule has 1 saturated carbocycles. The number of benzene rings is 1. The van der Waals surface area contributed by atoms with Crippen LogP contribution in [-0.4, -0.2) is 39.9 Å². The molecule has 22 heavy (non-hydrogen) atoms. The molecule has 1 aliphatic rings. The zero-order valence-electron chi connectivity index (χ0n) is 13.8. The Morgan fingerprint density at radius 2 is 2.14 bits per heavy atom. The van der Waals surface area contributed by atoms with Crippen molar-refractivity contribution in [2.24, 2.45) is 5.41 Å². The SMILES string of the molecule is CCOCC1(CNC(=O)Nc2cccc(N(C)C)c2)CCC1. The van der Waals surface area contributed by atoms with E-state index in [-0.39, 0.29) is 11.4 Å². The summed E-state index contributed by atoms with van der Waals surface area (Å²) in [4.78, 5) is 14.1. The normalized spacial score (nSPS) is 15.8. The summed E-state index contributed by atoms with van der Waals surface area (Å²) in [6.07, 6.45) is 3.48. The Morgan fingerprint density at radius 1 is 1.36 bits per heavy atom. The molecule has 0 heterocycles. The molecule has 0 unspecified atom stereocenters. The van der Waals surface area contributed by atoms with Crippen LogP contribution in [0.25, 0.3) is 0 Å². The number of hydrogen-bond acceptors (Lipinski definition) is 3. The first-order valence-corrected chi connectivity index (χ1v) is 7.95. The van der Waals surface area contributed by atoms with Gasteiger partial charge >= 0.3 is 6.03 Å². The van der Waals surface area contributed by atoms with Crippen LogP contribution in [0.15, 0.2) is 24.3 Å². The highest BCUT2D eigenvalue weighted by Crippen LogP contribution is 2.40. The van der Waals surface area contributed by atoms with Crippen molar-refractivity contribution in [3.63, 3.8) is 0 Å². The molecule has 122 valence electrons. The van der Waals surface area contributed by atoms with Gasteiger partial charge in [-0.15, -0.1) is 0 Å². The number of ether oxygens (including phenoxy) is 1. The van der Waals surface area contributed by atoms with Crippen LogP contribution in [0, 0.1) is 5.41 Å². The molecule has 1 aliphatic carbocycles. The first-order chi connectivity index (χ1) is 10.5. The fourth-order valence-corrected chi connectivity index (χ4v) is 2.67. The Balaban J connectivity index is 1.84. The second-order valence-corrected chi connectivity index (χ2v) is 6.24. The summed E-state index contributed by atoms with van der Waals surface area (Å²) >= 11 is 0. The number of amides is 2. The summed E-state index contributed by atoms with van der Waals surface area (Å²) in [6.45, 7) is 4.14. The highest BCUT2D eigenvalue weighted by Gasteiger charge is 2.37. The van der Waals surface area contributed by atoms with Gasteiger partial charge in [0.1, 0.15) is 0 Å². The van der Waals surface area contributed by atoms with Gasteiger partial charge in [0.25, 0.3) is 0 Å². The zero-order valence-corrected chi connectivity index (χ0v) is 13.8. The average molecular weight is 305 g/mol. The molecule has 2 N–H and O–H groups in total. The number of nitrogens with one attached hydrogen (secondary N) is 2. The maximum Gasteiger partial charge on any atom is 0.319 e. The van der Waals surface area contributed by atoms with Gasteiger partial charge in [-0.2, -0.15) is 0 Å². The summed E-state index contributed by atoms with van der Waals surface area (Å²) in [5.74, 6) is 0. The van der Waals surface area contributed by atoms with E-state index in [1.54, 1.807) is 0 Å². The zero-order chi connectivity index (χ0) is 16.0. The molecule has 1 aromatic carbocycles. The summed E-state index contributed by atoms with van der Waals surface area (Å²) in [7, 11) is 3.96. The van der Waals surface area contributed by atoms with Gasteiger partial charge in [-0.05, 0) is 38.0 Å². The third-order valence-electron chi connectivity index (χ3n) is 4.27. The van der Waals surface area contributed by atoms with Gasteiger partial charge in [0, 0.05) is 44.0 Å². The van der Waals surface area contributed by atoms with Gasteiger partial charge in [0.2, 0.25) is 0 Å². The summed E-state index contributed by atoms with van der Waals surface area (Å²) in [5, 5.41) is 5.88. The predicted octanol–water partition coefficient (Wildman–Crippen LogP) is 3.08. The summed E-state index contributed by atoms with van der Waals surface area (Å²) in [5.41, 5.74) is 2.00. The third-order valence-corrected chi connectivity index (χ3v) is 4.27. The maximum absolute atomic E-state index is 12.1. The van der Waals surface area contributed by atoms with Crippen LogP contribution < -0.4 is 15.5 Å². The molecule has 0 aliphatic heterocycles. The molecule has 0 atom stereocenters. The molecule has 1 fully saturated rings. The number of rotatable bonds is 7. The van der Waals surface area contributed by atoms with Crippen LogP contribution in [0.1, 0.15) is 26.2 Å². The van der Waals surface area contributed by atoms with Crippen molar-refractivity contribution >= 4 is 17.4 Å². The lowest BCUT2D eigenvalue weighted by Gasteiger charge is -2.41. The second-order valence-electron chi connectivity index (χ2n) is 6.24. The molecule has 2 amide bonds. The van der Waals surface area contributed by atoms with Crippen molar-refractivity contribution < 1.29 is 9.53 Å². The van der Waals surface area contributed by atoms with Crippen LogP contribution in [-0.2, 0) is 4.74 Å². The highest BCUT2D eigenvalue weighted by atomic mass is 16.5. The molecular formula is C17H27N3O2. The number of carbonyl (C=O) groups excluding carboxylic acids is 1. The fourth-order valence-electron chi connectivity index (χ4n) is 2.67. The molecule has 0 spiro atoms. The number of carbonyl (C=O) groups is 1. The Morgan fingerprint density at radius 3 is 2.73 bits per heavy atom. The Kier molecular flexibility index (Phi) is 5.66. The van der Waals surface area contributed by atoms with Crippen LogP contribution in [0.5, 0.6) is 0 Å². The highest BCUT2D eigenvalue weighted by molar-refractivity contribution is 5.89. The van der Waals surface area contributed by atoms with E-state index in [0.29, 0.717) is 6.54 Å². The van der Waals surface area contributed by atoms with Crippen molar-refractivity contribution in [3.8, 4) is 0 Å². The van der Waals surface area contributed by atoms with Crippen LogP contribution in [0.2, 0.25) is 0 Å². The van der Waals surface area contributed by atoms with Gasteiger partial charge in [-0.25, -0.2) is 4.79 Å². The van der Waals surface area contributed by atoms with E-state index in [1.807, 2.05) is 50.2 Å². The Labute approximate surface area is 133 Å². The number of hydrogen-bond donors (Lipinski definition) is 2. The molecule has 5 heteroatoms. The van der Waals surface area contributed by atoms with E-state index in [9.17, 15) is 4.79 Å². The summed E-state index contributed by atoms with van der Waals surface area (Å²) < 4.78 is 5.56. The predicted molar refractivity (Wildman–Crippen MR) is 90.6 cm³/mol. The van der Waals surface area contributed by atoms with Crippen LogP contribution in [0.3, 0.4) is 0 Å². The second kappa shape index (κ2) is 7.49. The fraction of sp³-hybridized carbons (Fsp3) is 0.588. The molecule has 2 rings (SSSR count). The van der Waals surface area contributed by atoms with E-state index in [0.717, 1.165) is 37.4 Å². The molecule has 5 nitrogen and oxygen atoms in total. The first-order valence-electron chi connectivity index (χ1n) is 7.95. The minimum absolute atomic E-state index is 0.138. The Bertz CT molecular complexity index is 498. The lowest BCUT2D eigenvalue weighted by molar-refractivity contribution is 0.00132. The molecular weight excluding hydrogens is 278 g/mol. The van der Waals surface area contributed by atoms with Crippen molar-refractivity contribution in [1.29, 1.82) is 0 Å². The van der Waals surface area contributed by atoms with Gasteiger partial charge in [0.05, 0.1) is 6.61 Å². The van der Waals surface area contributed by atoms with Crippen LogP contribution in [0.4, 0.5) is 16.2 Å². The van der Waals surface area contributed by atoms with Gasteiger partial charge < -0.3 is 20.3 Å². The maximum atomic E-state index is 12.1. The standard InChI is InChI=1S/C17H27N3O2/c1-4-22-13-17(9-6-10-17)12-18-16(21)19-14-7-5-8-15(11-14)20(2)3/h5,7-8,11H,4,6,9-10,12-13H2,1-3H3,(H2,18,19,21). The Hall–Kier alpha value is -1.75. The summed E-state index contributed by atoms with van der Waals surface area (Å²) in [6, 6.07) is 7.64. The molecule has 0 saturated heterocycles. The van der Waals surface area contributed by atoms with Crippen molar-refractivity contribution in [3.05, 3.63) is 24.3 Å². The van der Waals surface area contributed by atoms with E-state index in [1.165, 1.54) is 6.42 Å². The largest absolute Gasteiger partial charge is 0.381 e. The van der Waals surface area contributed by atoms with E-state index < -0.39 is 0 Å². The minimum Gasteiger partial charge on any atom is -0.381 e. The van der Waals surface area contributed by atoms with Gasteiger partial charge in [-0.3, -0.25) is 0 Å².